The van der Waals surface area contributed by atoms with Gasteiger partial charge in [-0.2, -0.15) is 0 Å². The summed E-state index contributed by atoms with van der Waals surface area (Å²) in [5.74, 6) is -0.313. The summed E-state index contributed by atoms with van der Waals surface area (Å²) in [6.07, 6.45) is -11.0. The average molecular weight is 813 g/mol. The second-order valence-corrected chi connectivity index (χ2v) is 20.1. The monoisotopic (exact) mass is 812 g/mol. The summed E-state index contributed by atoms with van der Waals surface area (Å²) >= 11 is 0. The number of aliphatic hydroxyl groups excluding tert-OH is 10. The molecule has 0 unspecified atom stereocenters. The van der Waals surface area contributed by atoms with Crippen LogP contribution in [0.15, 0.2) is 11.6 Å². The Balaban J connectivity index is 1.22. The van der Waals surface area contributed by atoms with Crippen molar-refractivity contribution >= 4 is 5.97 Å². The second-order valence-electron chi connectivity index (χ2n) is 20.1. The van der Waals surface area contributed by atoms with Gasteiger partial charge in [0.1, 0.15) is 42.7 Å². The molecule has 0 bridgehead atoms. The first-order valence-corrected chi connectivity index (χ1v) is 21.2. The van der Waals surface area contributed by atoms with E-state index in [1.54, 1.807) is 0 Å². The van der Waals surface area contributed by atoms with Crippen LogP contribution >= 0.6 is 0 Å². The number of carbonyl (C=O) groups is 1. The van der Waals surface area contributed by atoms with Gasteiger partial charge < -0.3 is 70.0 Å². The normalized spacial score (nSPS) is 56.4. The zero-order chi connectivity index (χ0) is 41.8. The molecule has 15 heteroatoms. The summed E-state index contributed by atoms with van der Waals surface area (Å²) in [4.78, 5) is 15.1. The quantitative estimate of drug-likeness (QED) is 0.121. The summed E-state index contributed by atoms with van der Waals surface area (Å²) in [5.41, 5.74) is -1.57. The smallest absolute Gasteiger partial charge is 0.315 e. The first-order chi connectivity index (χ1) is 26.7. The van der Waals surface area contributed by atoms with Crippen LogP contribution in [0.5, 0.6) is 0 Å². The zero-order valence-corrected chi connectivity index (χ0v) is 34.2. The lowest BCUT2D eigenvalue weighted by Crippen LogP contribution is -2.68. The number of allylic oxidation sites excluding steroid dienone is 2. The largest absolute Gasteiger partial charge is 0.432 e. The lowest BCUT2D eigenvalue weighted by molar-refractivity contribution is -0.363. The Morgan fingerprint density at radius 1 is 0.772 bits per heavy atom. The molecular formula is C42H68O15. The third-order valence-corrected chi connectivity index (χ3v) is 17.7. The highest BCUT2D eigenvalue weighted by Gasteiger charge is 2.71. The first kappa shape index (κ1) is 43.8. The third-order valence-electron chi connectivity index (χ3n) is 17.7. The van der Waals surface area contributed by atoms with Crippen LogP contribution in [-0.4, -0.2) is 150 Å². The molecule has 0 aromatic heterocycles. The van der Waals surface area contributed by atoms with Crippen LogP contribution < -0.4 is 0 Å². The van der Waals surface area contributed by atoms with Gasteiger partial charge in [-0.1, -0.05) is 53.2 Å². The van der Waals surface area contributed by atoms with E-state index in [1.807, 2.05) is 6.92 Å². The van der Waals surface area contributed by atoms with Crippen molar-refractivity contribution in [2.75, 3.05) is 19.8 Å². The topological polar surface area (TPSA) is 256 Å². The van der Waals surface area contributed by atoms with Crippen molar-refractivity contribution in [3.8, 4) is 0 Å². The Bertz CT molecular complexity index is 1530. The highest BCUT2D eigenvalue weighted by Crippen LogP contribution is 2.76. The number of ether oxygens (including phenoxy) is 4. The van der Waals surface area contributed by atoms with Crippen LogP contribution in [0.25, 0.3) is 0 Å². The molecule has 0 spiro atoms. The number of hydrogen-bond donors (Lipinski definition) is 10. The third kappa shape index (κ3) is 6.26. The number of aliphatic hydroxyl groups is 10. The van der Waals surface area contributed by atoms with Gasteiger partial charge in [0.05, 0.1) is 37.4 Å². The van der Waals surface area contributed by atoms with Gasteiger partial charge >= 0.3 is 5.97 Å². The molecule has 0 aromatic rings. The van der Waals surface area contributed by atoms with E-state index in [-0.39, 0.29) is 52.4 Å². The SMILES string of the molecule is C[C@H]1[C@H](C)CC[C@]2(C(=O)O[C@@H]3O[C@H](CO)[C@@H](O)[C@H](O)[C@H]3O[C@@H]3O[C@H](CO)[C@@H](O)[C@H](O)[C@H]3O)CC[C@]3(C)C(=CC[C@@H]4[C@@]5(C)C[C@@H](O)[C@H](O)[C@](C)(CO)[C@@H]5CC[C@]43C)[C@H]12. The van der Waals surface area contributed by atoms with Gasteiger partial charge in [0, 0.05) is 5.41 Å². The summed E-state index contributed by atoms with van der Waals surface area (Å²) < 4.78 is 23.6. The Hall–Kier alpha value is -1.31. The van der Waals surface area contributed by atoms with Gasteiger partial charge in [0.25, 0.3) is 0 Å². The van der Waals surface area contributed by atoms with Crippen LogP contribution in [0.1, 0.15) is 92.9 Å². The summed E-state index contributed by atoms with van der Waals surface area (Å²) in [6.45, 7) is 11.5. The molecule has 6 fully saturated rings. The van der Waals surface area contributed by atoms with Gasteiger partial charge in [-0.05, 0) is 97.2 Å². The second kappa shape index (κ2) is 15.2. The molecule has 0 amide bonds. The minimum Gasteiger partial charge on any atom is -0.432 e. The molecule has 0 aromatic carbocycles. The summed E-state index contributed by atoms with van der Waals surface area (Å²) in [7, 11) is 0. The van der Waals surface area contributed by atoms with Gasteiger partial charge in [0.2, 0.25) is 6.29 Å². The average Bonchev–Trinajstić information content (AvgIpc) is 3.18. The maximum Gasteiger partial charge on any atom is 0.315 e. The Morgan fingerprint density at radius 2 is 1.40 bits per heavy atom. The Labute approximate surface area is 335 Å². The van der Waals surface area contributed by atoms with E-state index in [4.69, 9.17) is 18.9 Å². The van der Waals surface area contributed by atoms with Gasteiger partial charge in [0.15, 0.2) is 12.4 Å². The number of esters is 1. The van der Waals surface area contributed by atoms with Crippen molar-refractivity contribution in [3.05, 3.63) is 11.6 Å². The van der Waals surface area contributed by atoms with Crippen LogP contribution in [0, 0.1) is 56.7 Å². The summed E-state index contributed by atoms with van der Waals surface area (Å²) in [6, 6.07) is 0. The fourth-order valence-corrected chi connectivity index (χ4v) is 13.8. The van der Waals surface area contributed by atoms with Crippen molar-refractivity contribution in [1.29, 1.82) is 0 Å². The van der Waals surface area contributed by atoms with E-state index >= 15 is 4.79 Å². The molecule has 15 nitrogen and oxygen atoms in total. The molecule has 7 aliphatic rings. The van der Waals surface area contributed by atoms with E-state index in [0.29, 0.717) is 32.1 Å². The maximum atomic E-state index is 15.1. The molecule has 326 valence electrons. The minimum absolute atomic E-state index is 0.00145. The maximum absolute atomic E-state index is 15.1. The van der Waals surface area contributed by atoms with Crippen LogP contribution in [0.2, 0.25) is 0 Å². The van der Waals surface area contributed by atoms with Gasteiger partial charge in [-0.25, -0.2) is 0 Å². The zero-order valence-electron chi connectivity index (χ0n) is 34.2. The number of fused-ring (bicyclic) bond motifs is 7. The standard InChI is InChI=1S/C42H68O15/c1-19-9-12-42(37(53)57-36-33(31(50)29(48)24(17-44)55-36)56-35-32(51)30(49)28(47)23(16-43)54-35)14-13-40(5)21(27(42)20(19)2)7-8-26-38(3)15-22(46)34(52)39(4,18-45)25(38)10-11-41(26,40)6/h7,19-20,22-36,43-52H,8-18H2,1-6H3/t19-,20+,22-,23-,24-,25-,26-,27+,28-,29-,30+,31+,32-,33-,34+,35+,36+,38+,39-,40-,41-,42+/m1/s1. The lowest BCUT2D eigenvalue weighted by Gasteiger charge is -2.71. The number of hydrogen-bond acceptors (Lipinski definition) is 15. The highest BCUT2D eigenvalue weighted by atomic mass is 16.8. The molecule has 22 atom stereocenters. The molecule has 2 aliphatic heterocycles. The molecule has 5 aliphatic carbocycles. The van der Waals surface area contributed by atoms with E-state index in [0.717, 1.165) is 19.3 Å². The van der Waals surface area contributed by atoms with Crippen molar-refractivity contribution in [2.24, 2.45) is 56.7 Å². The molecule has 0 radical (unpaired) electrons. The van der Waals surface area contributed by atoms with E-state index < -0.39 is 104 Å². The van der Waals surface area contributed by atoms with Crippen LogP contribution in [0.4, 0.5) is 0 Å². The van der Waals surface area contributed by atoms with Crippen molar-refractivity contribution in [2.45, 2.75) is 167 Å². The molecule has 10 N–H and O–H groups in total. The molecule has 2 heterocycles. The van der Waals surface area contributed by atoms with Gasteiger partial charge in [-0.3, -0.25) is 4.79 Å². The predicted molar refractivity (Wildman–Crippen MR) is 200 cm³/mol. The Kier molecular flexibility index (Phi) is 11.7. The van der Waals surface area contributed by atoms with Crippen molar-refractivity contribution in [3.63, 3.8) is 0 Å². The van der Waals surface area contributed by atoms with E-state index in [2.05, 4.69) is 40.7 Å². The van der Waals surface area contributed by atoms with Crippen LogP contribution in [-0.2, 0) is 23.7 Å². The van der Waals surface area contributed by atoms with E-state index in [1.165, 1.54) is 5.57 Å². The van der Waals surface area contributed by atoms with Crippen molar-refractivity contribution < 1.29 is 74.8 Å². The Morgan fingerprint density at radius 3 is 2.04 bits per heavy atom. The minimum atomic E-state index is -1.85. The number of carbonyl (C=O) groups excluding carboxylic acids is 1. The highest BCUT2D eigenvalue weighted by molar-refractivity contribution is 5.79. The molecular weight excluding hydrogens is 744 g/mol. The van der Waals surface area contributed by atoms with Crippen LogP contribution in [0.3, 0.4) is 0 Å². The van der Waals surface area contributed by atoms with Crippen molar-refractivity contribution in [1.82, 2.24) is 0 Å². The number of rotatable bonds is 7. The summed E-state index contributed by atoms with van der Waals surface area (Å²) in [5, 5.41) is 107. The predicted octanol–water partition coefficient (Wildman–Crippen LogP) is 0.115. The molecule has 4 saturated carbocycles. The van der Waals surface area contributed by atoms with E-state index in [9.17, 15) is 51.1 Å². The fourth-order valence-electron chi connectivity index (χ4n) is 13.8. The lowest BCUT2D eigenvalue weighted by atomic mass is 9.33. The van der Waals surface area contributed by atoms with Gasteiger partial charge in [-0.15, -0.1) is 0 Å². The first-order valence-electron chi connectivity index (χ1n) is 21.2. The fraction of sp³-hybridized carbons (Fsp3) is 0.929. The molecule has 7 rings (SSSR count). The molecule has 57 heavy (non-hydrogen) atoms. The molecule has 2 saturated heterocycles.